The number of benzene rings is 1. The van der Waals surface area contributed by atoms with Crippen molar-refractivity contribution in [2.24, 2.45) is 5.92 Å². The fourth-order valence-electron chi connectivity index (χ4n) is 4.09. The number of allylic oxidation sites excluding steroid dienone is 4. The minimum Gasteiger partial charge on any atom is -0.507 e. The predicted octanol–water partition coefficient (Wildman–Crippen LogP) is 6.68. The van der Waals surface area contributed by atoms with Crippen LogP contribution in [0.3, 0.4) is 0 Å². The monoisotopic (exact) mass is 498 g/mol. The Morgan fingerprint density at radius 1 is 1.06 bits per heavy atom. The first-order valence-corrected chi connectivity index (χ1v) is 12.5. The highest BCUT2D eigenvalue weighted by Gasteiger charge is 2.31. The average molecular weight is 499 g/mol. The van der Waals surface area contributed by atoms with E-state index in [0.29, 0.717) is 12.8 Å². The normalized spacial score (nSPS) is 13.4. The molecule has 36 heavy (non-hydrogen) atoms. The molecule has 2 atom stereocenters. The molecule has 0 aliphatic rings. The van der Waals surface area contributed by atoms with Gasteiger partial charge in [-0.25, -0.2) is 4.79 Å². The highest BCUT2D eigenvalue weighted by atomic mass is 16.5. The summed E-state index contributed by atoms with van der Waals surface area (Å²) in [6.07, 6.45) is 5.87. The van der Waals surface area contributed by atoms with Crippen molar-refractivity contribution in [2.45, 2.75) is 86.7 Å². The molecule has 0 amide bonds. The number of esters is 1. The summed E-state index contributed by atoms with van der Waals surface area (Å²) >= 11 is 0. The van der Waals surface area contributed by atoms with E-state index >= 15 is 0 Å². The van der Waals surface area contributed by atoms with Crippen molar-refractivity contribution in [1.29, 1.82) is 0 Å². The zero-order chi connectivity index (χ0) is 27.2. The van der Waals surface area contributed by atoms with Gasteiger partial charge in [0.2, 0.25) is 0 Å². The third kappa shape index (κ3) is 6.65. The van der Waals surface area contributed by atoms with Crippen LogP contribution in [0.2, 0.25) is 0 Å². The molecule has 0 spiro atoms. The number of Topliss-reactive ketones (excluding diaryl/α,β-unsaturated/α-hetero) is 1. The largest absolute Gasteiger partial charge is 0.507 e. The Balaban J connectivity index is 2.84. The number of phenolic OH excluding ortho intramolecular Hbond substituents is 2. The standard InChI is InChI=1S/C29H38O7/c1-8-18(6)26(32)25-28(34)20(14-13-17(5)12-10-11-16(3)4)27(33)24-21(15-23(31)36-29(24)25)22(9-2)35-19(7)30/h11,13,15,18,22,33-34H,8-10,12,14H2,1-7H3/b17-13+/t18-,22-/m1/s1. The smallest absolute Gasteiger partial charge is 0.336 e. The first-order chi connectivity index (χ1) is 16.9. The van der Waals surface area contributed by atoms with Crippen molar-refractivity contribution in [3.05, 3.63) is 56.5 Å². The van der Waals surface area contributed by atoms with Crippen LogP contribution in [0.25, 0.3) is 11.0 Å². The molecule has 1 heterocycles. The van der Waals surface area contributed by atoms with Crippen LogP contribution in [0.5, 0.6) is 11.5 Å². The quantitative estimate of drug-likeness (QED) is 0.154. The number of carbonyl (C=O) groups excluding carboxylic acids is 2. The van der Waals surface area contributed by atoms with Crippen LogP contribution in [0, 0.1) is 5.92 Å². The van der Waals surface area contributed by atoms with Crippen LogP contribution >= 0.6 is 0 Å². The maximum atomic E-state index is 13.3. The molecule has 2 N–H and O–H groups in total. The fraction of sp³-hybridized carbons (Fsp3) is 0.483. The molecule has 0 saturated carbocycles. The van der Waals surface area contributed by atoms with Crippen molar-refractivity contribution >= 4 is 22.7 Å². The number of hydrogen-bond donors (Lipinski definition) is 2. The fourth-order valence-corrected chi connectivity index (χ4v) is 4.09. The number of rotatable bonds is 11. The molecule has 196 valence electrons. The highest BCUT2D eigenvalue weighted by molar-refractivity contribution is 6.12. The summed E-state index contributed by atoms with van der Waals surface area (Å²) < 4.78 is 10.8. The van der Waals surface area contributed by atoms with Crippen molar-refractivity contribution in [2.75, 3.05) is 0 Å². The van der Waals surface area contributed by atoms with Crippen LogP contribution in [0.1, 0.15) is 102 Å². The summed E-state index contributed by atoms with van der Waals surface area (Å²) in [4.78, 5) is 37.6. The van der Waals surface area contributed by atoms with Crippen LogP contribution in [-0.2, 0) is 16.0 Å². The summed E-state index contributed by atoms with van der Waals surface area (Å²) in [5.74, 6) is -2.11. The maximum absolute atomic E-state index is 13.3. The summed E-state index contributed by atoms with van der Waals surface area (Å²) in [6, 6.07) is 1.16. The van der Waals surface area contributed by atoms with Gasteiger partial charge in [0.25, 0.3) is 0 Å². The Labute approximate surface area is 212 Å². The first kappa shape index (κ1) is 28.9. The van der Waals surface area contributed by atoms with Gasteiger partial charge in [-0.05, 0) is 52.9 Å². The van der Waals surface area contributed by atoms with Gasteiger partial charge in [-0.2, -0.15) is 0 Å². The van der Waals surface area contributed by atoms with E-state index in [0.717, 1.165) is 24.5 Å². The second kappa shape index (κ2) is 12.6. The molecule has 0 aliphatic carbocycles. The van der Waals surface area contributed by atoms with E-state index < -0.39 is 35.1 Å². The number of carbonyl (C=O) groups is 2. The molecule has 7 nitrogen and oxygen atoms in total. The number of fused-ring (bicyclic) bond motifs is 1. The lowest BCUT2D eigenvalue weighted by molar-refractivity contribution is -0.146. The predicted molar refractivity (Wildman–Crippen MR) is 141 cm³/mol. The van der Waals surface area contributed by atoms with Gasteiger partial charge in [-0.15, -0.1) is 0 Å². The molecule has 0 fully saturated rings. The first-order valence-electron chi connectivity index (χ1n) is 12.5. The summed E-state index contributed by atoms with van der Waals surface area (Å²) in [5.41, 5.74) is 1.57. The molecule has 0 saturated heterocycles. The summed E-state index contributed by atoms with van der Waals surface area (Å²) in [6.45, 7) is 12.6. The molecule has 1 aromatic carbocycles. The molecule has 0 radical (unpaired) electrons. The Morgan fingerprint density at radius 3 is 2.28 bits per heavy atom. The summed E-state index contributed by atoms with van der Waals surface area (Å²) in [5, 5.41) is 22.6. The Hall–Kier alpha value is -3.35. The number of hydrogen-bond acceptors (Lipinski definition) is 7. The zero-order valence-corrected chi connectivity index (χ0v) is 22.4. The van der Waals surface area contributed by atoms with Gasteiger partial charge in [0, 0.05) is 30.0 Å². The minimum atomic E-state index is -0.842. The van der Waals surface area contributed by atoms with E-state index in [1.54, 1.807) is 13.8 Å². The zero-order valence-electron chi connectivity index (χ0n) is 22.4. The molecule has 2 rings (SSSR count). The second-order valence-electron chi connectivity index (χ2n) is 9.53. The van der Waals surface area contributed by atoms with Gasteiger partial charge in [0.05, 0.1) is 5.39 Å². The molecular weight excluding hydrogens is 460 g/mol. The van der Waals surface area contributed by atoms with Crippen LogP contribution in [0.4, 0.5) is 0 Å². The van der Waals surface area contributed by atoms with E-state index in [4.69, 9.17) is 9.15 Å². The van der Waals surface area contributed by atoms with Crippen molar-refractivity contribution in [3.8, 4) is 11.5 Å². The van der Waals surface area contributed by atoms with E-state index in [9.17, 15) is 24.6 Å². The Bertz CT molecular complexity index is 1240. The van der Waals surface area contributed by atoms with Crippen LogP contribution in [0.15, 0.2) is 38.6 Å². The highest BCUT2D eigenvalue weighted by Crippen LogP contribution is 2.44. The maximum Gasteiger partial charge on any atom is 0.336 e. The molecule has 7 heteroatoms. The topological polar surface area (TPSA) is 114 Å². The van der Waals surface area contributed by atoms with Gasteiger partial charge in [-0.3, -0.25) is 9.59 Å². The Kier molecular flexibility index (Phi) is 10.1. The van der Waals surface area contributed by atoms with Crippen molar-refractivity contribution < 1.29 is 29.0 Å². The van der Waals surface area contributed by atoms with E-state index in [1.807, 2.05) is 33.8 Å². The summed E-state index contributed by atoms with van der Waals surface area (Å²) in [7, 11) is 0. The van der Waals surface area contributed by atoms with Gasteiger partial charge >= 0.3 is 11.6 Å². The van der Waals surface area contributed by atoms with Gasteiger partial charge in [0.1, 0.15) is 23.2 Å². The van der Waals surface area contributed by atoms with Gasteiger partial charge in [-0.1, -0.05) is 44.1 Å². The van der Waals surface area contributed by atoms with Crippen molar-refractivity contribution in [1.82, 2.24) is 0 Å². The molecule has 0 bridgehead atoms. The molecular formula is C29H38O7. The number of ketones is 1. The minimum absolute atomic E-state index is 0.0951. The van der Waals surface area contributed by atoms with Gasteiger partial charge < -0.3 is 19.4 Å². The lowest BCUT2D eigenvalue weighted by Gasteiger charge is -2.21. The third-order valence-electron chi connectivity index (χ3n) is 6.34. The van der Waals surface area contributed by atoms with E-state index in [1.165, 1.54) is 12.5 Å². The molecule has 2 aromatic rings. The van der Waals surface area contributed by atoms with Crippen LogP contribution < -0.4 is 5.63 Å². The molecule has 0 unspecified atom stereocenters. The molecule has 1 aromatic heterocycles. The number of ether oxygens (including phenoxy) is 1. The number of phenols is 2. The van der Waals surface area contributed by atoms with Crippen LogP contribution in [-0.4, -0.2) is 22.0 Å². The van der Waals surface area contributed by atoms with E-state index in [2.05, 4.69) is 6.08 Å². The third-order valence-corrected chi connectivity index (χ3v) is 6.34. The average Bonchev–Trinajstić information content (AvgIpc) is 2.80. The van der Waals surface area contributed by atoms with E-state index in [-0.39, 0.29) is 39.8 Å². The second-order valence-corrected chi connectivity index (χ2v) is 9.53. The number of aromatic hydroxyl groups is 2. The van der Waals surface area contributed by atoms with Crippen molar-refractivity contribution in [3.63, 3.8) is 0 Å². The SMILES string of the molecule is CC[C@@H](C)C(=O)c1c(O)c(C/C=C(\C)CCC=C(C)C)c(O)c2c([C@@H](CC)OC(C)=O)cc(=O)oc12. The lowest BCUT2D eigenvalue weighted by atomic mass is 9.89. The van der Waals surface area contributed by atoms with Gasteiger partial charge in [0.15, 0.2) is 11.4 Å². The molecule has 0 aliphatic heterocycles. The Morgan fingerprint density at radius 2 is 1.72 bits per heavy atom. The lowest BCUT2D eigenvalue weighted by Crippen LogP contribution is -2.16.